The van der Waals surface area contributed by atoms with Gasteiger partial charge >= 0.3 is 0 Å². The first kappa shape index (κ1) is 20.8. The second kappa shape index (κ2) is 7.99. The fraction of sp³-hybridized carbons (Fsp3) is 0.136. The Labute approximate surface area is 178 Å². The van der Waals surface area contributed by atoms with Gasteiger partial charge in [0.1, 0.15) is 17.4 Å². The van der Waals surface area contributed by atoms with Gasteiger partial charge in [-0.1, -0.05) is 12.1 Å². The number of rotatable bonds is 5. The third-order valence-corrected chi connectivity index (χ3v) is 6.78. The van der Waals surface area contributed by atoms with Crippen LogP contribution in [0.5, 0.6) is 5.75 Å². The molecule has 0 fully saturated rings. The number of sulfonamides is 1. The van der Waals surface area contributed by atoms with Crippen molar-refractivity contribution in [1.82, 2.24) is 0 Å². The van der Waals surface area contributed by atoms with Crippen LogP contribution in [-0.2, 0) is 16.4 Å². The summed E-state index contributed by atoms with van der Waals surface area (Å²) in [6.07, 6.45) is 0.374. The first-order valence-corrected chi connectivity index (χ1v) is 10.8. The van der Waals surface area contributed by atoms with Crippen LogP contribution in [0.2, 0.25) is 0 Å². The summed E-state index contributed by atoms with van der Waals surface area (Å²) in [6.45, 7) is 0.125. The van der Waals surface area contributed by atoms with Crippen LogP contribution in [-0.4, -0.2) is 28.0 Å². The first-order valence-electron chi connectivity index (χ1n) is 9.36. The van der Waals surface area contributed by atoms with E-state index in [2.05, 4.69) is 5.32 Å². The fourth-order valence-electron chi connectivity index (χ4n) is 3.53. The van der Waals surface area contributed by atoms with Crippen molar-refractivity contribution in [3.8, 4) is 5.75 Å². The lowest BCUT2D eigenvalue weighted by Crippen LogP contribution is -2.29. The van der Waals surface area contributed by atoms with E-state index in [0.717, 1.165) is 16.4 Å². The zero-order valence-electron chi connectivity index (χ0n) is 16.4. The topological polar surface area (TPSA) is 75.7 Å². The number of hydrogen-bond donors (Lipinski definition) is 1. The van der Waals surface area contributed by atoms with Crippen molar-refractivity contribution in [2.24, 2.45) is 0 Å². The zero-order chi connectivity index (χ0) is 22.2. The van der Waals surface area contributed by atoms with Gasteiger partial charge in [-0.05, 0) is 55.0 Å². The smallest absolute Gasteiger partial charge is 0.264 e. The summed E-state index contributed by atoms with van der Waals surface area (Å²) >= 11 is 0. The number of carbonyl (C=O) groups is 1. The van der Waals surface area contributed by atoms with Crippen molar-refractivity contribution in [3.05, 3.63) is 83.4 Å². The molecule has 0 unspecified atom stereocenters. The van der Waals surface area contributed by atoms with Crippen LogP contribution >= 0.6 is 0 Å². The average Bonchev–Trinajstić information content (AvgIpc) is 3.18. The van der Waals surface area contributed by atoms with Crippen LogP contribution in [0.15, 0.2) is 65.6 Å². The van der Waals surface area contributed by atoms with E-state index < -0.39 is 27.6 Å². The molecule has 0 aromatic heterocycles. The standard InChI is InChI=1S/C22H18F2N2O4S/c1-30-21-11-14(22(27)25-17-6-2-4-15(23)12-17)10-20-19(21)8-9-26(20)31(28,29)18-7-3-5-16(24)13-18/h2-7,10-13H,8-9H2,1H3,(H,25,27). The van der Waals surface area contributed by atoms with Gasteiger partial charge in [0.15, 0.2) is 0 Å². The summed E-state index contributed by atoms with van der Waals surface area (Å²) in [5.74, 6) is -1.36. The molecule has 4 rings (SSSR count). The molecular weight excluding hydrogens is 426 g/mol. The number of anilines is 2. The first-order chi connectivity index (χ1) is 14.8. The van der Waals surface area contributed by atoms with Gasteiger partial charge in [0, 0.05) is 23.4 Å². The van der Waals surface area contributed by atoms with Crippen LogP contribution in [0, 0.1) is 11.6 Å². The Balaban J connectivity index is 1.73. The van der Waals surface area contributed by atoms with Gasteiger partial charge in [-0.15, -0.1) is 0 Å². The van der Waals surface area contributed by atoms with E-state index in [9.17, 15) is 22.0 Å². The Morgan fingerprint density at radius 2 is 1.74 bits per heavy atom. The van der Waals surface area contributed by atoms with Gasteiger partial charge in [0.25, 0.3) is 15.9 Å². The Morgan fingerprint density at radius 3 is 2.42 bits per heavy atom. The molecule has 0 saturated carbocycles. The fourth-order valence-corrected chi connectivity index (χ4v) is 5.05. The number of carbonyl (C=O) groups excluding carboxylic acids is 1. The number of benzene rings is 3. The number of hydrogen-bond acceptors (Lipinski definition) is 4. The Hall–Kier alpha value is -3.46. The number of nitrogens with one attached hydrogen (secondary N) is 1. The van der Waals surface area contributed by atoms with Crippen molar-refractivity contribution < 1.29 is 26.7 Å². The van der Waals surface area contributed by atoms with Crippen molar-refractivity contribution in [2.75, 3.05) is 23.3 Å². The summed E-state index contributed by atoms with van der Waals surface area (Å²) in [6, 6.07) is 13.1. The van der Waals surface area contributed by atoms with Gasteiger partial charge < -0.3 is 10.1 Å². The summed E-state index contributed by atoms with van der Waals surface area (Å²) in [7, 11) is -2.63. The molecule has 31 heavy (non-hydrogen) atoms. The number of nitrogens with zero attached hydrogens (tertiary/aromatic N) is 1. The lowest BCUT2D eigenvalue weighted by molar-refractivity contribution is 0.102. The van der Waals surface area contributed by atoms with Gasteiger partial charge in [0.2, 0.25) is 0 Å². The van der Waals surface area contributed by atoms with Crippen LogP contribution in [0.1, 0.15) is 15.9 Å². The van der Waals surface area contributed by atoms with Gasteiger partial charge in [-0.3, -0.25) is 9.10 Å². The zero-order valence-corrected chi connectivity index (χ0v) is 17.2. The molecule has 1 heterocycles. The maximum atomic E-state index is 13.6. The summed E-state index contributed by atoms with van der Waals surface area (Å²) in [4.78, 5) is 12.6. The maximum absolute atomic E-state index is 13.6. The maximum Gasteiger partial charge on any atom is 0.264 e. The third-order valence-electron chi connectivity index (χ3n) is 4.97. The summed E-state index contributed by atoms with van der Waals surface area (Å²) in [5, 5.41) is 2.58. The average molecular weight is 444 g/mol. The quantitative estimate of drug-likeness (QED) is 0.646. The highest BCUT2D eigenvalue weighted by Gasteiger charge is 2.34. The molecule has 0 radical (unpaired) electrons. The van der Waals surface area contributed by atoms with Crippen LogP contribution in [0.3, 0.4) is 0 Å². The molecule has 9 heteroatoms. The number of amides is 1. The van der Waals surface area contributed by atoms with Crippen LogP contribution in [0.4, 0.5) is 20.2 Å². The third kappa shape index (κ3) is 3.96. The van der Waals surface area contributed by atoms with Crippen molar-refractivity contribution in [3.63, 3.8) is 0 Å². The molecule has 0 spiro atoms. The Bertz CT molecular complexity index is 1280. The summed E-state index contributed by atoms with van der Waals surface area (Å²) in [5.41, 5.74) is 1.31. The minimum atomic E-state index is -4.05. The molecular formula is C22H18F2N2O4S. The molecule has 3 aromatic rings. The van der Waals surface area contributed by atoms with E-state index in [-0.39, 0.29) is 28.4 Å². The van der Waals surface area contributed by atoms with E-state index in [1.807, 2.05) is 0 Å². The van der Waals surface area contributed by atoms with Gasteiger partial charge in [-0.25, -0.2) is 17.2 Å². The van der Waals surface area contributed by atoms with E-state index in [4.69, 9.17) is 4.74 Å². The molecule has 3 aromatic carbocycles. The predicted octanol–water partition coefficient (Wildman–Crippen LogP) is 3.98. The molecule has 1 N–H and O–H groups in total. The van der Waals surface area contributed by atoms with Crippen LogP contribution < -0.4 is 14.4 Å². The minimum absolute atomic E-state index is 0.125. The molecule has 0 bridgehead atoms. The molecule has 0 saturated heterocycles. The molecule has 1 amide bonds. The number of fused-ring (bicyclic) bond motifs is 1. The highest BCUT2D eigenvalue weighted by molar-refractivity contribution is 7.92. The number of halogens is 2. The Kier molecular flexibility index (Phi) is 5.36. The molecule has 0 atom stereocenters. The van der Waals surface area contributed by atoms with Crippen molar-refractivity contribution in [1.29, 1.82) is 0 Å². The van der Waals surface area contributed by atoms with E-state index >= 15 is 0 Å². The minimum Gasteiger partial charge on any atom is -0.496 e. The van der Waals surface area contributed by atoms with Crippen molar-refractivity contribution in [2.45, 2.75) is 11.3 Å². The van der Waals surface area contributed by atoms with E-state index in [0.29, 0.717) is 17.7 Å². The van der Waals surface area contributed by atoms with Gasteiger partial charge in [0.05, 0.1) is 17.7 Å². The van der Waals surface area contributed by atoms with E-state index in [1.54, 1.807) is 0 Å². The highest BCUT2D eigenvalue weighted by atomic mass is 32.2. The highest BCUT2D eigenvalue weighted by Crippen LogP contribution is 2.39. The van der Waals surface area contributed by atoms with Gasteiger partial charge in [-0.2, -0.15) is 0 Å². The van der Waals surface area contributed by atoms with Crippen molar-refractivity contribution >= 4 is 27.3 Å². The molecule has 160 valence electrons. The summed E-state index contributed by atoms with van der Waals surface area (Å²) < 4.78 is 59.8. The largest absolute Gasteiger partial charge is 0.496 e. The molecule has 1 aliphatic heterocycles. The number of ether oxygens (including phenoxy) is 1. The monoisotopic (exact) mass is 444 g/mol. The lowest BCUT2D eigenvalue weighted by atomic mass is 10.1. The molecule has 0 aliphatic carbocycles. The molecule has 6 nitrogen and oxygen atoms in total. The SMILES string of the molecule is COc1cc(C(=O)Nc2cccc(F)c2)cc2c1CCN2S(=O)(=O)c1cccc(F)c1. The van der Waals surface area contributed by atoms with E-state index in [1.165, 1.54) is 55.6 Å². The normalized spacial score (nSPS) is 13.1. The van der Waals surface area contributed by atoms with Crippen LogP contribution in [0.25, 0.3) is 0 Å². The second-order valence-corrected chi connectivity index (χ2v) is 8.79. The molecule has 1 aliphatic rings. The predicted molar refractivity (Wildman–Crippen MR) is 112 cm³/mol. The second-order valence-electron chi connectivity index (χ2n) is 6.93. The number of methoxy groups -OCH3 is 1. The lowest BCUT2D eigenvalue weighted by Gasteiger charge is -2.21. The Morgan fingerprint density at radius 1 is 1.03 bits per heavy atom.